The van der Waals surface area contributed by atoms with Crippen molar-refractivity contribution in [2.75, 3.05) is 7.11 Å². The van der Waals surface area contributed by atoms with E-state index in [1.165, 1.54) is 11.1 Å². The van der Waals surface area contributed by atoms with Gasteiger partial charge < -0.3 is 4.74 Å². The van der Waals surface area contributed by atoms with Crippen LogP contribution >= 0.6 is 0 Å². The second-order valence-electron chi connectivity index (χ2n) is 4.75. The van der Waals surface area contributed by atoms with Crippen LogP contribution in [0.15, 0.2) is 36.4 Å². The van der Waals surface area contributed by atoms with Crippen molar-refractivity contribution in [3.8, 4) is 5.75 Å². The summed E-state index contributed by atoms with van der Waals surface area (Å²) in [5.74, 6) is 6.47. The van der Waals surface area contributed by atoms with E-state index in [1.54, 1.807) is 7.11 Å². The molecule has 0 fully saturated rings. The summed E-state index contributed by atoms with van der Waals surface area (Å²) in [6.45, 7) is 5.97. The van der Waals surface area contributed by atoms with E-state index in [0.29, 0.717) is 6.04 Å². The van der Waals surface area contributed by atoms with Gasteiger partial charge in [-0.3, -0.25) is 11.3 Å². The van der Waals surface area contributed by atoms with E-state index in [2.05, 4.69) is 31.1 Å². The smallest absolute Gasteiger partial charge is 0.118 e. The Kier molecular flexibility index (Phi) is 6.47. The lowest BCUT2D eigenvalue weighted by molar-refractivity contribution is 0.414. The summed E-state index contributed by atoms with van der Waals surface area (Å²) < 4.78 is 5.14. The maximum absolute atomic E-state index is 5.57. The fourth-order valence-corrected chi connectivity index (χ4v) is 1.86. The number of hydrazine groups is 1. The van der Waals surface area contributed by atoms with Gasteiger partial charge in [-0.15, -0.1) is 6.58 Å². The van der Waals surface area contributed by atoms with E-state index in [0.717, 1.165) is 31.4 Å². The maximum atomic E-state index is 5.57. The van der Waals surface area contributed by atoms with Crippen LogP contribution in [-0.4, -0.2) is 13.2 Å². The lowest BCUT2D eigenvalue weighted by atomic mass is 10.0. The second kappa shape index (κ2) is 7.90. The monoisotopic (exact) mass is 248 g/mol. The van der Waals surface area contributed by atoms with Crippen molar-refractivity contribution in [3.63, 3.8) is 0 Å². The molecule has 18 heavy (non-hydrogen) atoms. The minimum atomic E-state index is 0.351. The quantitative estimate of drug-likeness (QED) is 0.422. The van der Waals surface area contributed by atoms with Crippen molar-refractivity contribution in [2.24, 2.45) is 5.84 Å². The van der Waals surface area contributed by atoms with Crippen LogP contribution in [-0.2, 0) is 6.42 Å². The molecule has 1 aromatic carbocycles. The van der Waals surface area contributed by atoms with E-state index in [4.69, 9.17) is 10.6 Å². The summed E-state index contributed by atoms with van der Waals surface area (Å²) in [6.07, 6.45) is 4.13. The van der Waals surface area contributed by atoms with Crippen molar-refractivity contribution in [3.05, 3.63) is 42.0 Å². The van der Waals surface area contributed by atoms with Gasteiger partial charge in [0.15, 0.2) is 0 Å². The van der Waals surface area contributed by atoms with Gasteiger partial charge in [0.1, 0.15) is 5.75 Å². The zero-order valence-corrected chi connectivity index (χ0v) is 11.4. The van der Waals surface area contributed by atoms with Gasteiger partial charge in [0.05, 0.1) is 7.11 Å². The standard InChI is InChI=1S/C15H24N2O/c1-12(2)4-8-14(17-16)9-5-13-6-10-15(18-3)11-7-13/h6-7,10-11,14,17H,1,4-5,8-9,16H2,2-3H3. The first-order chi connectivity index (χ1) is 8.65. The van der Waals surface area contributed by atoms with E-state index in [9.17, 15) is 0 Å². The average molecular weight is 248 g/mol. The normalized spacial score (nSPS) is 12.2. The zero-order chi connectivity index (χ0) is 13.4. The Balaban J connectivity index is 2.38. The van der Waals surface area contributed by atoms with E-state index >= 15 is 0 Å². The van der Waals surface area contributed by atoms with Crippen LogP contribution in [0.2, 0.25) is 0 Å². The van der Waals surface area contributed by atoms with Crippen molar-refractivity contribution in [1.29, 1.82) is 0 Å². The van der Waals surface area contributed by atoms with Crippen LogP contribution in [0.5, 0.6) is 5.75 Å². The molecule has 1 unspecified atom stereocenters. The highest BCUT2D eigenvalue weighted by Gasteiger charge is 2.06. The molecule has 0 saturated heterocycles. The number of methoxy groups -OCH3 is 1. The molecular formula is C15H24N2O. The van der Waals surface area contributed by atoms with Crippen LogP contribution in [0, 0.1) is 0 Å². The number of benzene rings is 1. The van der Waals surface area contributed by atoms with Crippen molar-refractivity contribution >= 4 is 0 Å². The number of aryl methyl sites for hydroxylation is 1. The molecule has 3 N–H and O–H groups in total. The molecule has 0 saturated carbocycles. The van der Waals surface area contributed by atoms with Crippen LogP contribution in [0.25, 0.3) is 0 Å². The third-order valence-corrected chi connectivity index (χ3v) is 3.10. The van der Waals surface area contributed by atoms with Gasteiger partial charge in [-0.2, -0.15) is 0 Å². The minimum absolute atomic E-state index is 0.351. The number of nitrogens with two attached hydrogens (primary N) is 1. The van der Waals surface area contributed by atoms with Gasteiger partial charge in [0.25, 0.3) is 0 Å². The predicted molar refractivity (Wildman–Crippen MR) is 76.5 cm³/mol. The van der Waals surface area contributed by atoms with Gasteiger partial charge >= 0.3 is 0 Å². The van der Waals surface area contributed by atoms with Gasteiger partial charge in [-0.25, -0.2) is 0 Å². The Bertz CT molecular complexity index is 359. The summed E-state index contributed by atoms with van der Waals surface area (Å²) in [7, 11) is 1.68. The van der Waals surface area contributed by atoms with Crippen LogP contribution < -0.4 is 16.0 Å². The third kappa shape index (κ3) is 5.34. The van der Waals surface area contributed by atoms with E-state index in [1.807, 2.05) is 12.1 Å². The number of nitrogens with one attached hydrogen (secondary N) is 1. The van der Waals surface area contributed by atoms with Gasteiger partial charge in [-0.1, -0.05) is 17.7 Å². The molecule has 100 valence electrons. The van der Waals surface area contributed by atoms with Crippen LogP contribution in [0.4, 0.5) is 0 Å². The van der Waals surface area contributed by atoms with Crippen molar-refractivity contribution in [2.45, 2.75) is 38.6 Å². The predicted octanol–water partition coefficient (Wildman–Crippen LogP) is 2.82. The van der Waals surface area contributed by atoms with Gasteiger partial charge in [0, 0.05) is 6.04 Å². The molecular weight excluding hydrogens is 224 g/mol. The largest absolute Gasteiger partial charge is 0.497 e. The Hall–Kier alpha value is -1.32. The van der Waals surface area contributed by atoms with Crippen LogP contribution in [0.3, 0.4) is 0 Å². The molecule has 0 heterocycles. The molecule has 3 nitrogen and oxygen atoms in total. The molecule has 0 amide bonds. The molecule has 1 rings (SSSR count). The molecule has 3 heteroatoms. The molecule has 0 aromatic heterocycles. The first-order valence-electron chi connectivity index (χ1n) is 6.39. The Labute approximate surface area is 110 Å². The Morgan fingerprint density at radius 3 is 2.50 bits per heavy atom. The highest BCUT2D eigenvalue weighted by Crippen LogP contribution is 2.14. The van der Waals surface area contributed by atoms with Crippen molar-refractivity contribution < 1.29 is 4.74 Å². The van der Waals surface area contributed by atoms with E-state index < -0.39 is 0 Å². The first kappa shape index (κ1) is 14.7. The second-order valence-corrected chi connectivity index (χ2v) is 4.75. The SMILES string of the molecule is C=C(C)CCC(CCc1ccc(OC)cc1)NN. The molecule has 1 atom stereocenters. The highest BCUT2D eigenvalue weighted by molar-refractivity contribution is 5.27. The summed E-state index contributed by atoms with van der Waals surface area (Å²) in [4.78, 5) is 0. The topological polar surface area (TPSA) is 47.3 Å². The third-order valence-electron chi connectivity index (χ3n) is 3.10. The molecule has 0 aliphatic carbocycles. The molecule has 0 bridgehead atoms. The summed E-state index contributed by atoms with van der Waals surface area (Å²) in [5, 5.41) is 0. The van der Waals surface area contributed by atoms with Crippen LogP contribution in [0.1, 0.15) is 31.7 Å². The van der Waals surface area contributed by atoms with Gasteiger partial charge in [-0.05, 0) is 50.3 Å². The average Bonchev–Trinajstić information content (AvgIpc) is 2.39. The summed E-state index contributed by atoms with van der Waals surface area (Å²) >= 11 is 0. The number of ether oxygens (including phenoxy) is 1. The molecule has 0 radical (unpaired) electrons. The van der Waals surface area contributed by atoms with Gasteiger partial charge in [0.2, 0.25) is 0 Å². The Morgan fingerprint density at radius 1 is 1.33 bits per heavy atom. The summed E-state index contributed by atoms with van der Waals surface area (Å²) in [6, 6.07) is 8.54. The number of allylic oxidation sites excluding steroid dienone is 1. The number of rotatable bonds is 8. The highest BCUT2D eigenvalue weighted by atomic mass is 16.5. The van der Waals surface area contributed by atoms with Crippen molar-refractivity contribution in [1.82, 2.24) is 5.43 Å². The lowest BCUT2D eigenvalue weighted by Crippen LogP contribution is -2.35. The maximum Gasteiger partial charge on any atom is 0.118 e. The first-order valence-corrected chi connectivity index (χ1v) is 6.39. The molecule has 0 spiro atoms. The zero-order valence-electron chi connectivity index (χ0n) is 11.4. The fourth-order valence-electron chi connectivity index (χ4n) is 1.86. The number of hydrogen-bond donors (Lipinski definition) is 2. The Morgan fingerprint density at radius 2 is 2.00 bits per heavy atom. The molecule has 0 aliphatic rings. The minimum Gasteiger partial charge on any atom is -0.497 e. The fraction of sp³-hybridized carbons (Fsp3) is 0.467. The number of hydrogen-bond acceptors (Lipinski definition) is 3. The molecule has 1 aromatic rings. The summed E-state index contributed by atoms with van der Waals surface area (Å²) in [5.41, 5.74) is 5.40. The lowest BCUT2D eigenvalue weighted by Gasteiger charge is -2.15. The molecule has 0 aliphatic heterocycles. The van der Waals surface area contributed by atoms with E-state index in [-0.39, 0.29) is 0 Å².